The van der Waals surface area contributed by atoms with Gasteiger partial charge in [-0.2, -0.15) is 8.73 Å². The van der Waals surface area contributed by atoms with Crippen LogP contribution in [0.1, 0.15) is 17.3 Å². The number of aliphatic carboxylic acids is 1. The second-order valence-corrected chi connectivity index (χ2v) is 5.48. The van der Waals surface area contributed by atoms with Crippen molar-refractivity contribution in [3.05, 3.63) is 23.8 Å². The van der Waals surface area contributed by atoms with Crippen molar-refractivity contribution in [2.45, 2.75) is 19.1 Å². The number of ether oxygens (including phenoxy) is 1. The Morgan fingerprint density at radius 3 is 2.86 bits per heavy atom. The largest absolute Gasteiger partial charge is 0.479 e. The minimum Gasteiger partial charge on any atom is -0.479 e. The molecule has 2 atom stereocenters. The molecule has 1 unspecified atom stereocenters. The summed E-state index contributed by atoms with van der Waals surface area (Å²) in [5, 5.41) is 9.06. The second-order valence-electron chi connectivity index (χ2n) is 4.95. The Kier molecular flexibility index (Phi) is 3.56. The molecule has 8 heteroatoms. The first-order valence-corrected chi connectivity index (χ1v) is 7.17. The van der Waals surface area contributed by atoms with Gasteiger partial charge in [0.15, 0.2) is 6.10 Å². The first kappa shape index (κ1) is 13.9. The molecule has 1 N–H and O–H groups in total. The van der Waals surface area contributed by atoms with Gasteiger partial charge in [0.05, 0.1) is 24.0 Å². The molecule has 1 aromatic rings. The van der Waals surface area contributed by atoms with Crippen molar-refractivity contribution >= 4 is 34.6 Å². The van der Waals surface area contributed by atoms with Gasteiger partial charge in [0.2, 0.25) is 0 Å². The lowest BCUT2D eigenvalue weighted by Crippen LogP contribution is -2.51. The van der Waals surface area contributed by atoms with E-state index < -0.39 is 12.1 Å². The highest BCUT2D eigenvalue weighted by atomic mass is 32.1. The number of nitrogens with zero attached hydrogens (tertiary/aromatic N) is 3. The van der Waals surface area contributed by atoms with E-state index in [2.05, 4.69) is 8.73 Å². The van der Waals surface area contributed by atoms with Gasteiger partial charge in [0.1, 0.15) is 11.4 Å². The van der Waals surface area contributed by atoms with Crippen molar-refractivity contribution in [3.8, 4) is 0 Å². The quantitative estimate of drug-likeness (QED) is 0.914. The predicted octanol–water partition coefficient (Wildman–Crippen LogP) is 1.73. The van der Waals surface area contributed by atoms with Crippen LogP contribution in [0.15, 0.2) is 26.9 Å². The summed E-state index contributed by atoms with van der Waals surface area (Å²) in [5.74, 6) is -1.27. The van der Waals surface area contributed by atoms with Gasteiger partial charge in [0, 0.05) is 12.1 Å². The third-order valence-corrected chi connectivity index (χ3v) is 3.88. The van der Waals surface area contributed by atoms with Crippen LogP contribution < -0.4 is 0 Å². The van der Waals surface area contributed by atoms with Crippen molar-refractivity contribution in [1.29, 1.82) is 0 Å². The van der Waals surface area contributed by atoms with Crippen molar-refractivity contribution in [2.75, 3.05) is 13.1 Å². The van der Waals surface area contributed by atoms with E-state index in [1.54, 1.807) is 25.1 Å². The SMILES string of the molecule is C[C@@H]1CN(C(=O)c2ccc3c(c2)N=S=N3)CC(C(=O)O)O1. The van der Waals surface area contributed by atoms with E-state index in [4.69, 9.17) is 9.84 Å². The van der Waals surface area contributed by atoms with Gasteiger partial charge in [-0.05, 0) is 25.1 Å². The maximum atomic E-state index is 12.5. The molecule has 1 aromatic carbocycles. The minimum absolute atomic E-state index is 0.0475. The smallest absolute Gasteiger partial charge is 0.334 e. The molecule has 2 aliphatic heterocycles. The number of hydrogen-bond donors (Lipinski definition) is 1. The highest BCUT2D eigenvalue weighted by Crippen LogP contribution is 2.32. The molecule has 0 saturated carbocycles. The molecule has 1 amide bonds. The standard InChI is InChI=1S/C13H13N3O4S/c1-7-5-16(6-11(20-7)13(18)19)12(17)8-2-3-9-10(4-8)15-21-14-9/h2-4,7,11H,5-6H2,1H3,(H,18,19)/t7-,11?/m1/s1. The summed E-state index contributed by atoms with van der Waals surface area (Å²) in [6.07, 6.45) is -1.30. The third kappa shape index (κ3) is 2.72. The molecule has 110 valence electrons. The lowest BCUT2D eigenvalue weighted by molar-refractivity contribution is -0.160. The number of carboxylic acid groups (broad SMARTS) is 1. The van der Waals surface area contributed by atoms with E-state index in [-0.39, 0.29) is 18.6 Å². The molecule has 1 fully saturated rings. The molecule has 1 saturated heterocycles. The number of benzene rings is 1. The van der Waals surface area contributed by atoms with E-state index in [0.717, 1.165) is 17.0 Å². The maximum absolute atomic E-state index is 12.5. The number of carbonyl (C=O) groups is 2. The minimum atomic E-state index is -1.06. The number of carboxylic acids is 1. The first-order valence-electron chi connectivity index (χ1n) is 6.44. The number of fused-ring (bicyclic) bond motifs is 1. The maximum Gasteiger partial charge on any atom is 0.334 e. The van der Waals surface area contributed by atoms with Gasteiger partial charge in [-0.3, -0.25) is 4.79 Å². The Bertz CT molecular complexity index is 684. The lowest BCUT2D eigenvalue weighted by atomic mass is 10.1. The van der Waals surface area contributed by atoms with Crippen LogP contribution in [-0.2, 0) is 20.9 Å². The van der Waals surface area contributed by atoms with Crippen LogP contribution in [0.2, 0.25) is 0 Å². The number of hydrogen-bond acceptors (Lipinski definition) is 5. The Morgan fingerprint density at radius 2 is 2.10 bits per heavy atom. The summed E-state index contributed by atoms with van der Waals surface area (Å²) in [6, 6.07) is 5.10. The molecule has 3 rings (SSSR count). The molecule has 2 heterocycles. The fourth-order valence-corrected chi connectivity index (χ4v) is 2.87. The zero-order valence-electron chi connectivity index (χ0n) is 11.2. The van der Waals surface area contributed by atoms with Gasteiger partial charge in [0.25, 0.3) is 5.91 Å². The van der Waals surface area contributed by atoms with Crippen LogP contribution in [0, 0.1) is 0 Å². The molecule has 21 heavy (non-hydrogen) atoms. The average Bonchev–Trinajstić information content (AvgIpc) is 2.93. The lowest BCUT2D eigenvalue weighted by Gasteiger charge is -2.35. The van der Waals surface area contributed by atoms with Crippen LogP contribution in [0.5, 0.6) is 0 Å². The van der Waals surface area contributed by atoms with Gasteiger partial charge < -0.3 is 14.7 Å². The fourth-order valence-electron chi connectivity index (χ4n) is 2.35. The van der Waals surface area contributed by atoms with Gasteiger partial charge >= 0.3 is 5.97 Å². The van der Waals surface area contributed by atoms with Gasteiger partial charge in [-0.25, -0.2) is 4.79 Å². The fraction of sp³-hybridized carbons (Fsp3) is 0.385. The van der Waals surface area contributed by atoms with Gasteiger partial charge in [-0.1, -0.05) is 0 Å². The van der Waals surface area contributed by atoms with E-state index in [1.807, 2.05) is 0 Å². The Balaban J connectivity index is 1.81. The summed E-state index contributed by atoms with van der Waals surface area (Å²) >= 11 is 1.09. The Morgan fingerprint density at radius 1 is 1.33 bits per heavy atom. The molecule has 7 nitrogen and oxygen atoms in total. The molecule has 2 aliphatic rings. The van der Waals surface area contributed by atoms with Crippen molar-refractivity contribution in [3.63, 3.8) is 0 Å². The highest BCUT2D eigenvalue weighted by molar-refractivity contribution is 7.58. The Labute approximate surface area is 124 Å². The molecular weight excluding hydrogens is 294 g/mol. The molecule has 0 aliphatic carbocycles. The Hall–Kier alpha value is -2.06. The number of carbonyl (C=O) groups excluding carboxylic acids is 1. The molecule has 0 radical (unpaired) electrons. The second kappa shape index (κ2) is 5.38. The topological polar surface area (TPSA) is 91.6 Å². The number of rotatable bonds is 2. The van der Waals surface area contributed by atoms with E-state index in [9.17, 15) is 9.59 Å². The predicted molar refractivity (Wildman–Crippen MR) is 75.9 cm³/mol. The normalized spacial score (nSPS) is 23.6. The number of morpholine rings is 1. The summed E-state index contributed by atoms with van der Waals surface area (Å²) in [7, 11) is 0. The van der Waals surface area contributed by atoms with Crippen LogP contribution in [-0.4, -0.2) is 47.2 Å². The van der Waals surface area contributed by atoms with E-state index >= 15 is 0 Å². The summed E-state index contributed by atoms with van der Waals surface area (Å²) in [4.78, 5) is 25.1. The molecule has 0 bridgehead atoms. The van der Waals surface area contributed by atoms with E-state index in [0.29, 0.717) is 17.8 Å². The summed E-state index contributed by atoms with van der Waals surface area (Å²) in [5.41, 5.74) is 1.89. The molecular formula is C13H13N3O4S. The van der Waals surface area contributed by atoms with Crippen LogP contribution >= 0.6 is 0 Å². The van der Waals surface area contributed by atoms with Crippen molar-refractivity contribution in [1.82, 2.24) is 4.90 Å². The van der Waals surface area contributed by atoms with Crippen LogP contribution in [0.4, 0.5) is 11.4 Å². The van der Waals surface area contributed by atoms with Crippen molar-refractivity contribution in [2.24, 2.45) is 8.73 Å². The number of amides is 1. The molecule has 0 aromatic heterocycles. The highest BCUT2D eigenvalue weighted by Gasteiger charge is 2.33. The van der Waals surface area contributed by atoms with Crippen molar-refractivity contribution < 1.29 is 19.4 Å². The summed E-state index contributed by atoms with van der Waals surface area (Å²) in [6.45, 7) is 2.17. The monoisotopic (exact) mass is 307 g/mol. The van der Waals surface area contributed by atoms with Crippen LogP contribution in [0.25, 0.3) is 0 Å². The summed E-state index contributed by atoms with van der Waals surface area (Å²) < 4.78 is 13.5. The van der Waals surface area contributed by atoms with E-state index in [1.165, 1.54) is 4.90 Å². The average molecular weight is 307 g/mol. The van der Waals surface area contributed by atoms with Crippen LogP contribution in [0.3, 0.4) is 0 Å². The zero-order valence-corrected chi connectivity index (χ0v) is 12.0. The zero-order chi connectivity index (χ0) is 15.0. The van der Waals surface area contributed by atoms with Gasteiger partial charge in [-0.15, -0.1) is 0 Å². The first-order chi connectivity index (χ1) is 10.0. The molecule has 0 spiro atoms. The third-order valence-electron chi connectivity index (χ3n) is 3.32.